The molecular formula is C17H13N3O4S. The van der Waals surface area contributed by atoms with Crippen LogP contribution in [0.15, 0.2) is 58.5 Å². The van der Waals surface area contributed by atoms with Crippen LogP contribution in [0.1, 0.15) is 10.4 Å². The maximum atomic E-state index is 12.0. The average molecular weight is 355 g/mol. The molecule has 1 amide bonds. The largest absolute Gasteiger partial charge is 0.478 e. The number of carboxylic acid groups (broad SMARTS) is 1. The van der Waals surface area contributed by atoms with Gasteiger partial charge in [0.2, 0.25) is 5.91 Å². The highest BCUT2D eigenvalue weighted by Gasteiger charge is 2.09. The van der Waals surface area contributed by atoms with Crippen molar-refractivity contribution in [3.8, 4) is 0 Å². The minimum atomic E-state index is -1.07. The summed E-state index contributed by atoms with van der Waals surface area (Å²) in [7, 11) is 0. The molecular weight excluding hydrogens is 342 g/mol. The first-order valence-corrected chi connectivity index (χ1v) is 8.26. The van der Waals surface area contributed by atoms with E-state index in [4.69, 9.17) is 5.11 Å². The summed E-state index contributed by atoms with van der Waals surface area (Å²) in [6.45, 7) is 0. The van der Waals surface area contributed by atoms with E-state index in [1.807, 2.05) is 0 Å². The normalized spacial score (nSPS) is 10.6. The number of H-pyrrole nitrogens is 1. The predicted octanol–water partition coefficient (Wildman–Crippen LogP) is 2.35. The summed E-state index contributed by atoms with van der Waals surface area (Å²) in [4.78, 5) is 41.9. The molecule has 7 nitrogen and oxygen atoms in total. The van der Waals surface area contributed by atoms with Crippen LogP contribution in [0.5, 0.6) is 0 Å². The molecule has 3 rings (SSSR count). The number of aromatic carboxylic acids is 1. The van der Waals surface area contributed by atoms with E-state index < -0.39 is 5.97 Å². The molecule has 3 N–H and O–H groups in total. The number of para-hydroxylation sites is 1. The molecule has 0 radical (unpaired) electrons. The number of anilines is 1. The molecule has 126 valence electrons. The van der Waals surface area contributed by atoms with E-state index in [1.165, 1.54) is 12.1 Å². The van der Waals surface area contributed by atoms with Gasteiger partial charge in [-0.25, -0.2) is 9.78 Å². The molecule has 0 aliphatic rings. The van der Waals surface area contributed by atoms with Crippen LogP contribution < -0.4 is 10.9 Å². The summed E-state index contributed by atoms with van der Waals surface area (Å²) in [6, 6.07) is 12.9. The second-order valence-corrected chi connectivity index (χ2v) is 6.08. The van der Waals surface area contributed by atoms with Crippen molar-refractivity contribution in [3.05, 3.63) is 64.4 Å². The van der Waals surface area contributed by atoms with E-state index in [-0.39, 0.29) is 22.8 Å². The Kier molecular flexibility index (Phi) is 4.80. The lowest BCUT2D eigenvalue weighted by Gasteiger charge is -2.06. The molecule has 0 saturated heterocycles. The van der Waals surface area contributed by atoms with Gasteiger partial charge in [0, 0.05) is 5.69 Å². The number of carboxylic acids is 1. The van der Waals surface area contributed by atoms with E-state index in [9.17, 15) is 14.4 Å². The number of nitrogens with one attached hydrogen (secondary N) is 2. The fraction of sp³-hybridized carbons (Fsp3) is 0.0588. The molecule has 0 spiro atoms. The standard InChI is InChI=1S/C17H13N3O4S/c21-14(18-11-5-3-4-10(8-11)16(23)24)9-25-17-19-13-7-2-1-6-12(13)15(22)20-17/h1-8H,9H2,(H,18,21)(H,23,24)(H,19,20,22). The smallest absolute Gasteiger partial charge is 0.335 e. The quantitative estimate of drug-likeness (QED) is 0.478. The maximum Gasteiger partial charge on any atom is 0.335 e. The Morgan fingerprint density at radius 2 is 1.96 bits per heavy atom. The first kappa shape index (κ1) is 16.7. The van der Waals surface area contributed by atoms with E-state index in [1.54, 1.807) is 36.4 Å². The molecule has 0 bridgehead atoms. The van der Waals surface area contributed by atoms with Gasteiger partial charge in [-0.15, -0.1) is 0 Å². The number of rotatable bonds is 5. The summed E-state index contributed by atoms with van der Waals surface area (Å²) >= 11 is 1.09. The molecule has 0 fully saturated rings. The van der Waals surface area contributed by atoms with Crippen molar-refractivity contribution in [1.29, 1.82) is 0 Å². The van der Waals surface area contributed by atoms with Gasteiger partial charge in [-0.1, -0.05) is 30.0 Å². The number of thioether (sulfide) groups is 1. The van der Waals surface area contributed by atoms with Gasteiger partial charge in [0.15, 0.2) is 5.16 Å². The van der Waals surface area contributed by atoms with Crippen LogP contribution in [0.3, 0.4) is 0 Å². The molecule has 1 aromatic heterocycles. The molecule has 0 saturated carbocycles. The average Bonchev–Trinajstić information content (AvgIpc) is 2.60. The highest BCUT2D eigenvalue weighted by atomic mass is 32.2. The van der Waals surface area contributed by atoms with Gasteiger partial charge in [0.05, 0.1) is 22.2 Å². The molecule has 1 heterocycles. The molecule has 0 aliphatic carbocycles. The van der Waals surface area contributed by atoms with E-state index in [2.05, 4.69) is 15.3 Å². The minimum Gasteiger partial charge on any atom is -0.478 e. The number of carbonyl (C=O) groups excluding carboxylic acids is 1. The maximum absolute atomic E-state index is 12.0. The van der Waals surface area contributed by atoms with Gasteiger partial charge >= 0.3 is 5.97 Å². The lowest BCUT2D eigenvalue weighted by Crippen LogP contribution is -2.16. The zero-order valence-corrected chi connectivity index (χ0v) is 13.7. The van der Waals surface area contributed by atoms with Crippen molar-refractivity contribution in [3.63, 3.8) is 0 Å². The van der Waals surface area contributed by atoms with E-state index >= 15 is 0 Å². The van der Waals surface area contributed by atoms with Gasteiger partial charge < -0.3 is 15.4 Å². The molecule has 0 atom stereocenters. The van der Waals surface area contributed by atoms with Gasteiger partial charge in [-0.3, -0.25) is 9.59 Å². The number of benzene rings is 2. The van der Waals surface area contributed by atoms with E-state index in [0.717, 1.165) is 11.8 Å². The number of hydrogen-bond acceptors (Lipinski definition) is 5. The molecule has 8 heteroatoms. The number of amides is 1. The fourth-order valence-electron chi connectivity index (χ4n) is 2.19. The Balaban J connectivity index is 1.67. The van der Waals surface area contributed by atoms with Crippen LogP contribution in [-0.2, 0) is 4.79 Å². The number of nitrogens with zero attached hydrogens (tertiary/aromatic N) is 1. The third kappa shape index (κ3) is 4.04. The summed E-state index contributed by atoms with van der Waals surface area (Å²) < 4.78 is 0. The first-order chi connectivity index (χ1) is 12.0. The Morgan fingerprint density at radius 3 is 2.76 bits per heavy atom. The highest BCUT2D eigenvalue weighted by molar-refractivity contribution is 7.99. The van der Waals surface area contributed by atoms with Gasteiger partial charge in [-0.05, 0) is 30.3 Å². The van der Waals surface area contributed by atoms with Crippen molar-refractivity contribution in [2.24, 2.45) is 0 Å². The summed E-state index contributed by atoms with van der Waals surface area (Å²) in [5, 5.41) is 12.4. The topological polar surface area (TPSA) is 112 Å². The van der Waals surface area contributed by atoms with Gasteiger partial charge in [-0.2, -0.15) is 0 Å². The lowest BCUT2D eigenvalue weighted by molar-refractivity contribution is -0.113. The second-order valence-electron chi connectivity index (χ2n) is 5.11. The van der Waals surface area contributed by atoms with Crippen LogP contribution in [0.25, 0.3) is 10.9 Å². The monoisotopic (exact) mass is 355 g/mol. The van der Waals surface area contributed by atoms with Crippen molar-refractivity contribution in [2.45, 2.75) is 5.16 Å². The Morgan fingerprint density at radius 1 is 1.16 bits per heavy atom. The molecule has 0 aliphatic heterocycles. The number of fused-ring (bicyclic) bond motifs is 1. The molecule has 25 heavy (non-hydrogen) atoms. The molecule has 3 aromatic rings. The van der Waals surface area contributed by atoms with E-state index in [0.29, 0.717) is 21.7 Å². The Hall–Kier alpha value is -3.13. The lowest BCUT2D eigenvalue weighted by atomic mass is 10.2. The van der Waals surface area contributed by atoms with Gasteiger partial charge in [0.1, 0.15) is 0 Å². The second kappa shape index (κ2) is 7.18. The summed E-state index contributed by atoms with van der Waals surface area (Å²) in [6.07, 6.45) is 0. The minimum absolute atomic E-state index is 0.0264. The number of carbonyl (C=O) groups is 2. The Labute approximate surface area is 146 Å². The van der Waals surface area contributed by atoms with Crippen molar-refractivity contribution in [2.75, 3.05) is 11.1 Å². The molecule has 0 unspecified atom stereocenters. The zero-order chi connectivity index (χ0) is 17.8. The van der Waals surface area contributed by atoms with Crippen molar-refractivity contribution < 1.29 is 14.7 Å². The SMILES string of the molecule is O=C(CSc1nc2ccccc2c(=O)[nH]1)Nc1cccc(C(=O)O)c1. The Bertz CT molecular complexity index is 1020. The van der Waals surface area contributed by atoms with Crippen LogP contribution in [0.4, 0.5) is 5.69 Å². The third-order valence-corrected chi connectivity index (χ3v) is 4.20. The van der Waals surface area contributed by atoms with Crippen LogP contribution in [-0.4, -0.2) is 32.7 Å². The van der Waals surface area contributed by atoms with Crippen LogP contribution in [0, 0.1) is 0 Å². The number of aromatic amines is 1. The number of aromatic nitrogens is 2. The summed E-state index contributed by atoms with van der Waals surface area (Å²) in [5.41, 5.74) is 0.780. The first-order valence-electron chi connectivity index (χ1n) is 7.28. The van der Waals surface area contributed by atoms with Crippen LogP contribution >= 0.6 is 11.8 Å². The predicted molar refractivity (Wildman–Crippen MR) is 95.1 cm³/mol. The van der Waals surface area contributed by atoms with Crippen molar-refractivity contribution >= 4 is 40.2 Å². The van der Waals surface area contributed by atoms with Crippen molar-refractivity contribution in [1.82, 2.24) is 9.97 Å². The zero-order valence-electron chi connectivity index (χ0n) is 12.9. The fourth-order valence-corrected chi connectivity index (χ4v) is 2.86. The van der Waals surface area contributed by atoms with Crippen LogP contribution in [0.2, 0.25) is 0 Å². The molecule has 2 aromatic carbocycles. The third-order valence-electron chi connectivity index (χ3n) is 3.32. The highest BCUT2D eigenvalue weighted by Crippen LogP contribution is 2.16. The summed E-state index contributed by atoms with van der Waals surface area (Å²) in [5.74, 6) is -1.37. The number of hydrogen-bond donors (Lipinski definition) is 3. The van der Waals surface area contributed by atoms with Gasteiger partial charge in [0.25, 0.3) is 5.56 Å².